The van der Waals surface area contributed by atoms with E-state index in [1.165, 1.54) is 0 Å². The van der Waals surface area contributed by atoms with Crippen LogP contribution < -0.4 is 14.9 Å². The molecule has 0 aliphatic rings. The molecule has 0 spiro atoms. The molecule has 32 heavy (non-hydrogen) atoms. The van der Waals surface area contributed by atoms with Gasteiger partial charge in [0, 0.05) is 34.3 Å². The van der Waals surface area contributed by atoms with E-state index in [1.54, 1.807) is 18.3 Å². The minimum absolute atomic E-state index is 0.271. The summed E-state index contributed by atoms with van der Waals surface area (Å²) >= 11 is 0. The summed E-state index contributed by atoms with van der Waals surface area (Å²) in [5, 5.41) is 4.13. The third kappa shape index (κ3) is 5.78. The van der Waals surface area contributed by atoms with Gasteiger partial charge in [-0.2, -0.15) is 5.10 Å². The molecule has 0 aliphatic heterocycles. The number of aryl methyl sites for hydroxylation is 2. The molecular formula is C26H31N3O3. The van der Waals surface area contributed by atoms with Crippen LogP contribution in [0, 0.1) is 13.8 Å². The number of hydrogen-bond acceptors (Lipinski definition) is 4. The van der Waals surface area contributed by atoms with Crippen LogP contribution in [-0.4, -0.2) is 29.9 Å². The maximum absolute atomic E-state index is 12.5. The molecule has 0 aliphatic carbocycles. The zero-order chi connectivity index (χ0) is 22.9. The van der Waals surface area contributed by atoms with Crippen molar-refractivity contribution in [2.75, 3.05) is 13.2 Å². The van der Waals surface area contributed by atoms with Gasteiger partial charge in [-0.25, -0.2) is 5.43 Å². The van der Waals surface area contributed by atoms with E-state index in [2.05, 4.69) is 54.9 Å². The van der Waals surface area contributed by atoms with Crippen LogP contribution in [0.2, 0.25) is 0 Å². The van der Waals surface area contributed by atoms with Crippen molar-refractivity contribution < 1.29 is 14.3 Å². The molecule has 0 saturated heterocycles. The molecule has 3 rings (SSSR count). The number of carbonyl (C=O) groups excluding carboxylic acids is 1. The van der Waals surface area contributed by atoms with Gasteiger partial charge in [0.05, 0.1) is 19.4 Å². The number of hydrogen-bond donors (Lipinski definition) is 1. The molecule has 0 bridgehead atoms. The van der Waals surface area contributed by atoms with Crippen LogP contribution in [0.25, 0.3) is 5.69 Å². The molecule has 0 atom stereocenters. The Hall–Kier alpha value is -3.54. The van der Waals surface area contributed by atoms with E-state index in [0.29, 0.717) is 24.5 Å². The first-order chi connectivity index (χ1) is 15.5. The number of carbonyl (C=O) groups is 1. The normalized spacial score (nSPS) is 11.0. The van der Waals surface area contributed by atoms with Gasteiger partial charge in [0.1, 0.15) is 11.5 Å². The van der Waals surface area contributed by atoms with Crippen LogP contribution in [0.4, 0.5) is 0 Å². The number of amides is 1. The van der Waals surface area contributed by atoms with Gasteiger partial charge in [-0.15, -0.1) is 0 Å². The zero-order valence-electron chi connectivity index (χ0n) is 19.2. The van der Waals surface area contributed by atoms with Crippen LogP contribution in [-0.2, 0) is 0 Å². The number of nitrogens with one attached hydrogen (secondary N) is 1. The summed E-state index contributed by atoms with van der Waals surface area (Å²) in [7, 11) is 0. The topological polar surface area (TPSA) is 64.8 Å². The van der Waals surface area contributed by atoms with Crippen LogP contribution >= 0.6 is 0 Å². The quantitative estimate of drug-likeness (QED) is 0.342. The molecule has 6 heteroatoms. The van der Waals surface area contributed by atoms with Crippen molar-refractivity contribution in [3.8, 4) is 17.2 Å². The SMILES string of the molecule is CCCOc1ccc(C=NNC(=O)c2ccc(-n3c(C)ccc3C)cc2)c(OCCC)c1. The molecule has 0 unspecified atom stereocenters. The molecule has 3 aromatic rings. The van der Waals surface area contributed by atoms with Crippen molar-refractivity contribution in [2.45, 2.75) is 40.5 Å². The lowest BCUT2D eigenvalue weighted by Crippen LogP contribution is -2.17. The summed E-state index contributed by atoms with van der Waals surface area (Å²) in [6.45, 7) is 9.48. The van der Waals surface area contributed by atoms with Crippen molar-refractivity contribution in [1.29, 1.82) is 0 Å². The van der Waals surface area contributed by atoms with Crippen LogP contribution in [0.1, 0.15) is 54.0 Å². The number of aromatic nitrogens is 1. The van der Waals surface area contributed by atoms with Gasteiger partial charge in [-0.05, 0) is 75.2 Å². The van der Waals surface area contributed by atoms with E-state index in [4.69, 9.17) is 9.47 Å². The van der Waals surface area contributed by atoms with E-state index >= 15 is 0 Å². The first-order valence-electron chi connectivity index (χ1n) is 11.0. The summed E-state index contributed by atoms with van der Waals surface area (Å²) in [5.41, 5.74) is 7.23. The standard InChI is InChI=1S/C26H31N3O3/c1-5-15-31-24-14-11-22(25(17-24)32-16-6-2)18-27-28-26(30)21-9-12-23(13-10-21)29-19(3)7-8-20(29)4/h7-14,17-18H,5-6,15-16H2,1-4H3,(H,28,30). The first-order valence-corrected chi connectivity index (χ1v) is 11.0. The van der Waals surface area contributed by atoms with Gasteiger partial charge in [0.15, 0.2) is 0 Å². The lowest BCUT2D eigenvalue weighted by atomic mass is 10.2. The Balaban J connectivity index is 1.68. The minimum Gasteiger partial charge on any atom is -0.493 e. The van der Waals surface area contributed by atoms with E-state index in [0.717, 1.165) is 41.2 Å². The van der Waals surface area contributed by atoms with E-state index < -0.39 is 0 Å². The van der Waals surface area contributed by atoms with E-state index in [9.17, 15) is 4.79 Å². The van der Waals surface area contributed by atoms with Crippen molar-refractivity contribution in [3.63, 3.8) is 0 Å². The second-order valence-electron chi connectivity index (χ2n) is 7.59. The minimum atomic E-state index is -0.271. The van der Waals surface area contributed by atoms with Gasteiger partial charge in [-0.1, -0.05) is 13.8 Å². The number of nitrogens with zero attached hydrogens (tertiary/aromatic N) is 2. The highest BCUT2D eigenvalue weighted by Gasteiger charge is 2.08. The summed E-state index contributed by atoms with van der Waals surface area (Å²) in [4.78, 5) is 12.5. The monoisotopic (exact) mass is 433 g/mol. The van der Waals surface area contributed by atoms with Crippen molar-refractivity contribution in [2.24, 2.45) is 5.10 Å². The molecule has 168 valence electrons. The Kier molecular flexibility index (Phi) is 8.08. The molecule has 2 aromatic carbocycles. The average molecular weight is 434 g/mol. The van der Waals surface area contributed by atoms with E-state index in [-0.39, 0.29) is 5.91 Å². The van der Waals surface area contributed by atoms with Gasteiger partial charge >= 0.3 is 0 Å². The Morgan fingerprint density at radius 1 is 0.938 bits per heavy atom. The molecule has 1 aromatic heterocycles. The number of rotatable bonds is 10. The molecule has 1 heterocycles. The van der Waals surface area contributed by atoms with Gasteiger partial charge in [0.25, 0.3) is 5.91 Å². The molecular weight excluding hydrogens is 402 g/mol. The largest absolute Gasteiger partial charge is 0.493 e. The summed E-state index contributed by atoms with van der Waals surface area (Å²) < 4.78 is 13.7. The fraction of sp³-hybridized carbons (Fsp3) is 0.308. The first kappa shape index (κ1) is 23.1. The molecule has 1 N–H and O–H groups in total. The maximum Gasteiger partial charge on any atom is 0.271 e. The van der Waals surface area contributed by atoms with Gasteiger partial charge < -0.3 is 14.0 Å². The van der Waals surface area contributed by atoms with Crippen LogP contribution in [0.3, 0.4) is 0 Å². The lowest BCUT2D eigenvalue weighted by molar-refractivity contribution is 0.0955. The number of benzene rings is 2. The van der Waals surface area contributed by atoms with Crippen molar-refractivity contribution in [3.05, 3.63) is 77.1 Å². The highest BCUT2D eigenvalue weighted by molar-refractivity contribution is 5.95. The average Bonchev–Trinajstić information content (AvgIpc) is 3.15. The predicted molar refractivity (Wildman–Crippen MR) is 128 cm³/mol. The molecule has 0 radical (unpaired) electrons. The molecule has 0 saturated carbocycles. The second kappa shape index (κ2) is 11.2. The van der Waals surface area contributed by atoms with Crippen molar-refractivity contribution >= 4 is 12.1 Å². The van der Waals surface area contributed by atoms with Crippen molar-refractivity contribution in [1.82, 2.24) is 9.99 Å². The fourth-order valence-corrected chi connectivity index (χ4v) is 3.33. The lowest BCUT2D eigenvalue weighted by Gasteiger charge is -2.11. The van der Waals surface area contributed by atoms with Crippen LogP contribution in [0.5, 0.6) is 11.5 Å². The van der Waals surface area contributed by atoms with Gasteiger partial charge in [-0.3, -0.25) is 4.79 Å². The molecule has 1 amide bonds. The third-order valence-electron chi connectivity index (χ3n) is 4.95. The maximum atomic E-state index is 12.5. The Bertz CT molecular complexity index is 1050. The Morgan fingerprint density at radius 3 is 2.25 bits per heavy atom. The zero-order valence-corrected chi connectivity index (χ0v) is 19.2. The number of hydrazone groups is 1. The summed E-state index contributed by atoms with van der Waals surface area (Å²) in [5.74, 6) is 1.17. The second-order valence-corrected chi connectivity index (χ2v) is 7.59. The third-order valence-corrected chi connectivity index (χ3v) is 4.95. The van der Waals surface area contributed by atoms with Crippen LogP contribution in [0.15, 0.2) is 59.7 Å². The van der Waals surface area contributed by atoms with Gasteiger partial charge in [0.2, 0.25) is 0 Å². The predicted octanol–water partition coefficient (Wildman–Crippen LogP) is 5.44. The summed E-state index contributed by atoms with van der Waals surface area (Å²) in [6.07, 6.45) is 3.42. The Morgan fingerprint density at radius 2 is 1.59 bits per heavy atom. The summed E-state index contributed by atoms with van der Waals surface area (Å²) in [6, 6.07) is 17.2. The highest BCUT2D eigenvalue weighted by Crippen LogP contribution is 2.24. The smallest absolute Gasteiger partial charge is 0.271 e. The molecule has 6 nitrogen and oxygen atoms in total. The number of ether oxygens (including phenoxy) is 2. The Labute approximate surface area is 189 Å². The highest BCUT2D eigenvalue weighted by atomic mass is 16.5. The molecule has 0 fully saturated rings. The fourth-order valence-electron chi connectivity index (χ4n) is 3.33. The van der Waals surface area contributed by atoms with E-state index in [1.807, 2.05) is 30.3 Å².